The van der Waals surface area contributed by atoms with Gasteiger partial charge in [0.25, 0.3) is 0 Å². The Morgan fingerprint density at radius 2 is 2.16 bits per heavy atom. The number of pyridine rings is 1. The van der Waals surface area contributed by atoms with E-state index in [0.29, 0.717) is 17.7 Å². The molecule has 2 bridgehead atoms. The molecule has 2 aliphatic heterocycles. The quantitative estimate of drug-likeness (QED) is 0.808. The zero-order valence-corrected chi connectivity index (χ0v) is 13.2. The van der Waals surface area contributed by atoms with Crippen molar-refractivity contribution in [2.75, 3.05) is 5.32 Å². The monoisotopic (exact) mass is 340 g/mol. The number of benzene rings is 1. The van der Waals surface area contributed by atoms with Gasteiger partial charge in [-0.1, -0.05) is 0 Å². The summed E-state index contributed by atoms with van der Waals surface area (Å²) in [6, 6.07) is 6.76. The minimum absolute atomic E-state index is 0.0907. The number of carbonyl (C=O) groups excluding carboxylic acids is 1. The highest BCUT2D eigenvalue weighted by Crippen LogP contribution is 2.44. The second-order valence-corrected chi connectivity index (χ2v) is 6.26. The van der Waals surface area contributed by atoms with Crippen LogP contribution < -0.4 is 5.32 Å². The molecule has 25 heavy (non-hydrogen) atoms. The van der Waals surface area contributed by atoms with Crippen LogP contribution in [0, 0.1) is 23.1 Å². The van der Waals surface area contributed by atoms with E-state index in [1.807, 2.05) is 0 Å². The Hall–Kier alpha value is -3.01. The van der Waals surface area contributed by atoms with Gasteiger partial charge in [0, 0.05) is 23.5 Å². The molecule has 1 aromatic heterocycles. The maximum absolute atomic E-state index is 13.9. The first-order valence-electron chi connectivity index (χ1n) is 8.00. The molecule has 126 valence electrons. The number of urea groups is 1. The van der Waals surface area contributed by atoms with Gasteiger partial charge in [-0.25, -0.2) is 14.2 Å². The first-order valence-corrected chi connectivity index (χ1v) is 8.00. The van der Waals surface area contributed by atoms with Crippen LogP contribution in [0.1, 0.15) is 35.6 Å². The average Bonchev–Trinajstić information content (AvgIpc) is 2.93. The predicted molar refractivity (Wildman–Crippen MR) is 85.6 cm³/mol. The predicted octanol–water partition coefficient (Wildman–Crippen LogP) is 3.53. The molecule has 7 heteroatoms. The second kappa shape index (κ2) is 5.81. The number of amides is 2. The first kappa shape index (κ1) is 15.5. The Kier molecular flexibility index (Phi) is 3.61. The van der Waals surface area contributed by atoms with E-state index in [9.17, 15) is 13.6 Å². The van der Waals surface area contributed by atoms with Crippen LogP contribution in [0.3, 0.4) is 0 Å². The van der Waals surface area contributed by atoms with E-state index in [1.165, 1.54) is 18.3 Å². The Morgan fingerprint density at radius 3 is 2.96 bits per heavy atom. The van der Waals surface area contributed by atoms with Crippen molar-refractivity contribution in [3.63, 3.8) is 0 Å². The summed E-state index contributed by atoms with van der Waals surface area (Å²) in [7, 11) is 0. The van der Waals surface area contributed by atoms with Crippen LogP contribution in [0.4, 0.5) is 19.3 Å². The lowest BCUT2D eigenvalue weighted by molar-refractivity contribution is 0.178. The molecular formula is C18H14F2N4O. The van der Waals surface area contributed by atoms with Gasteiger partial charge < -0.3 is 10.2 Å². The molecule has 3 heterocycles. The third-order valence-electron chi connectivity index (χ3n) is 4.91. The van der Waals surface area contributed by atoms with Gasteiger partial charge in [-0.05, 0) is 49.1 Å². The standard InChI is InChI=1S/C18H14F2N4O/c19-15-3-1-11(7-10(15)9-21)23-18(25)24-12-2-4-16(24)13-5-6-22-17(20)14(13)8-12/h1,3,5-7,12,16H,2,4,8H2,(H,23,25)/t12-,16+/m1/s1. The van der Waals surface area contributed by atoms with Gasteiger partial charge in [0.05, 0.1) is 11.6 Å². The highest BCUT2D eigenvalue weighted by atomic mass is 19.1. The Bertz CT molecular complexity index is 908. The minimum atomic E-state index is -0.629. The third kappa shape index (κ3) is 2.50. The number of nitriles is 1. The summed E-state index contributed by atoms with van der Waals surface area (Å²) < 4.78 is 27.4. The van der Waals surface area contributed by atoms with Gasteiger partial charge in [-0.3, -0.25) is 0 Å². The minimum Gasteiger partial charge on any atom is -0.314 e. The number of fused-ring (bicyclic) bond motifs is 4. The van der Waals surface area contributed by atoms with Crippen LogP contribution in [-0.2, 0) is 6.42 Å². The van der Waals surface area contributed by atoms with Gasteiger partial charge in [-0.15, -0.1) is 0 Å². The molecule has 5 nitrogen and oxygen atoms in total. The number of rotatable bonds is 1. The maximum atomic E-state index is 13.9. The van der Waals surface area contributed by atoms with Crippen LogP contribution in [0.5, 0.6) is 0 Å². The van der Waals surface area contributed by atoms with Crippen LogP contribution in [0.2, 0.25) is 0 Å². The van der Waals surface area contributed by atoms with E-state index in [0.717, 1.165) is 24.5 Å². The third-order valence-corrected chi connectivity index (χ3v) is 4.91. The maximum Gasteiger partial charge on any atom is 0.322 e. The fourth-order valence-electron chi connectivity index (χ4n) is 3.80. The van der Waals surface area contributed by atoms with Crippen LogP contribution >= 0.6 is 0 Å². The number of carbonyl (C=O) groups is 1. The summed E-state index contributed by atoms with van der Waals surface area (Å²) in [5.74, 6) is -1.10. The number of nitrogens with one attached hydrogen (secondary N) is 1. The SMILES string of the molecule is N#Cc1cc(NC(=O)N2[C@@H]3CC[C@H]2c2ccnc(F)c2C3)ccc1F. The van der Waals surface area contributed by atoms with E-state index in [-0.39, 0.29) is 23.7 Å². The average molecular weight is 340 g/mol. The van der Waals surface area contributed by atoms with Crippen LogP contribution in [0.15, 0.2) is 30.5 Å². The molecule has 0 unspecified atom stereocenters. The summed E-state index contributed by atoms with van der Waals surface area (Å²) in [6.45, 7) is 0. The molecule has 0 aliphatic carbocycles. The number of aromatic nitrogens is 1. The van der Waals surface area contributed by atoms with Crippen molar-refractivity contribution in [3.05, 3.63) is 58.9 Å². The van der Waals surface area contributed by atoms with Gasteiger partial charge >= 0.3 is 6.03 Å². The molecule has 2 amide bonds. The Balaban J connectivity index is 1.61. The molecule has 2 atom stereocenters. The number of hydrogen-bond donors (Lipinski definition) is 1. The van der Waals surface area contributed by atoms with Crippen molar-refractivity contribution in [2.24, 2.45) is 0 Å². The number of anilines is 1. The smallest absolute Gasteiger partial charge is 0.314 e. The van der Waals surface area contributed by atoms with E-state index in [1.54, 1.807) is 17.0 Å². The summed E-state index contributed by atoms with van der Waals surface area (Å²) in [4.78, 5) is 18.2. The van der Waals surface area contributed by atoms with E-state index in [4.69, 9.17) is 5.26 Å². The highest BCUT2D eigenvalue weighted by molar-refractivity contribution is 5.90. The molecule has 1 N–H and O–H groups in total. The molecule has 1 saturated heterocycles. The highest BCUT2D eigenvalue weighted by Gasteiger charge is 2.43. The summed E-state index contributed by atoms with van der Waals surface area (Å²) in [5, 5.41) is 11.6. The summed E-state index contributed by atoms with van der Waals surface area (Å²) >= 11 is 0. The largest absolute Gasteiger partial charge is 0.322 e. The van der Waals surface area contributed by atoms with E-state index in [2.05, 4.69) is 10.3 Å². The second-order valence-electron chi connectivity index (χ2n) is 6.26. The number of nitrogens with zero attached hydrogens (tertiary/aromatic N) is 3. The fourth-order valence-corrected chi connectivity index (χ4v) is 3.80. The molecule has 2 aromatic rings. The lowest BCUT2D eigenvalue weighted by atomic mass is 9.95. The number of hydrogen-bond acceptors (Lipinski definition) is 3. The molecule has 2 aliphatic rings. The topological polar surface area (TPSA) is 69.0 Å². The van der Waals surface area contributed by atoms with Crippen LogP contribution in [-0.4, -0.2) is 22.0 Å². The van der Waals surface area contributed by atoms with E-state index >= 15 is 0 Å². The molecule has 1 fully saturated rings. The molecule has 4 rings (SSSR count). The molecule has 0 spiro atoms. The van der Waals surface area contributed by atoms with Crippen molar-refractivity contribution >= 4 is 11.7 Å². The van der Waals surface area contributed by atoms with Crippen molar-refractivity contribution in [2.45, 2.75) is 31.3 Å². The number of halogens is 2. The lowest BCUT2D eigenvalue weighted by Gasteiger charge is -2.36. The van der Waals surface area contributed by atoms with Crippen molar-refractivity contribution in [1.29, 1.82) is 5.26 Å². The molecule has 0 saturated carbocycles. The van der Waals surface area contributed by atoms with Gasteiger partial charge in [-0.2, -0.15) is 9.65 Å². The van der Waals surface area contributed by atoms with Crippen LogP contribution in [0.25, 0.3) is 0 Å². The molecular weight excluding hydrogens is 326 g/mol. The lowest BCUT2D eigenvalue weighted by Crippen LogP contribution is -2.44. The summed E-state index contributed by atoms with van der Waals surface area (Å²) in [6.07, 6.45) is 3.41. The van der Waals surface area contributed by atoms with E-state index < -0.39 is 11.8 Å². The Morgan fingerprint density at radius 1 is 1.32 bits per heavy atom. The van der Waals surface area contributed by atoms with Gasteiger partial charge in [0.2, 0.25) is 5.95 Å². The van der Waals surface area contributed by atoms with Gasteiger partial charge in [0.15, 0.2) is 0 Å². The fraction of sp³-hybridized carbons (Fsp3) is 0.278. The van der Waals surface area contributed by atoms with Crippen molar-refractivity contribution in [1.82, 2.24) is 9.88 Å². The molecule has 1 aromatic carbocycles. The molecule has 0 radical (unpaired) electrons. The zero-order chi connectivity index (χ0) is 17.6. The zero-order valence-electron chi connectivity index (χ0n) is 13.2. The normalized spacial score (nSPS) is 20.8. The first-order chi connectivity index (χ1) is 12.1. The summed E-state index contributed by atoms with van der Waals surface area (Å²) in [5.41, 5.74) is 1.62. The van der Waals surface area contributed by atoms with Crippen molar-refractivity contribution in [3.8, 4) is 6.07 Å². The Labute approximate surface area is 142 Å². The van der Waals surface area contributed by atoms with Gasteiger partial charge in [0.1, 0.15) is 11.9 Å². The van der Waals surface area contributed by atoms with Crippen molar-refractivity contribution < 1.29 is 13.6 Å².